The highest BCUT2D eigenvalue weighted by molar-refractivity contribution is 5.94. The van der Waals surface area contributed by atoms with Crippen LogP contribution in [0.15, 0.2) is 48.5 Å². The molecule has 0 bridgehead atoms. The lowest BCUT2D eigenvalue weighted by Crippen LogP contribution is -2.41. The minimum absolute atomic E-state index is 0.189. The zero-order chi connectivity index (χ0) is 19.3. The van der Waals surface area contributed by atoms with Gasteiger partial charge in [0.25, 0.3) is 0 Å². The van der Waals surface area contributed by atoms with Crippen LogP contribution in [0, 0.1) is 6.92 Å². The van der Waals surface area contributed by atoms with Crippen molar-refractivity contribution in [3.63, 3.8) is 0 Å². The number of hydrogen-bond donors (Lipinski definition) is 2. The second kappa shape index (κ2) is 8.38. The van der Waals surface area contributed by atoms with Crippen molar-refractivity contribution in [1.29, 1.82) is 0 Å². The number of nitrogens with one attached hydrogen (secondary N) is 2. The Labute approximate surface area is 154 Å². The normalized spacial score (nSPS) is 11.4. The third kappa shape index (κ3) is 4.75. The Morgan fingerprint density at radius 1 is 0.962 bits per heavy atom. The molecule has 0 saturated heterocycles. The van der Waals surface area contributed by atoms with E-state index in [1.807, 2.05) is 74.4 Å². The lowest BCUT2D eigenvalue weighted by atomic mass is 10.1. The Balaban J connectivity index is 2.16. The number of nitrogens with zero attached hydrogens (tertiary/aromatic N) is 2. The van der Waals surface area contributed by atoms with E-state index >= 15 is 0 Å². The van der Waals surface area contributed by atoms with E-state index in [9.17, 15) is 9.59 Å². The lowest BCUT2D eigenvalue weighted by Gasteiger charge is -2.22. The van der Waals surface area contributed by atoms with Crippen molar-refractivity contribution in [2.45, 2.75) is 13.0 Å². The first-order valence-electron chi connectivity index (χ1n) is 8.41. The molecule has 2 N–H and O–H groups in total. The highest BCUT2D eigenvalue weighted by Crippen LogP contribution is 2.22. The van der Waals surface area contributed by atoms with Crippen LogP contribution < -0.4 is 15.5 Å². The van der Waals surface area contributed by atoms with Crippen LogP contribution in [-0.2, 0) is 4.79 Å². The standard InChI is InChI=1S/C20H26N4O2/c1-14-13-16(23(2)3)11-12-17(14)21-20(26)22-18(19(25)24(4)5)15-9-7-6-8-10-15/h6-13,18H,1-5H3,(H2,21,22,26)/t18-/m0/s1. The SMILES string of the molecule is Cc1cc(N(C)C)ccc1NC(=O)N[C@H](C(=O)N(C)C)c1ccccc1. The molecule has 1 atom stereocenters. The van der Waals surface area contributed by atoms with E-state index < -0.39 is 12.1 Å². The van der Waals surface area contributed by atoms with Gasteiger partial charge in [0.05, 0.1) is 0 Å². The molecule has 6 nitrogen and oxygen atoms in total. The molecule has 3 amide bonds. The smallest absolute Gasteiger partial charge is 0.320 e. The number of aryl methyl sites for hydroxylation is 1. The molecule has 0 aliphatic heterocycles. The summed E-state index contributed by atoms with van der Waals surface area (Å²) in [6.45, 7) is 1.93. The second-order valence-corrected chi connectivity index (χ2v) is 6.57. The second-order valence-electron chi connectivity index (χ2n) is 6.57. The first-order valence-corrected chi connectivity index (χ1v) is 8.41. The quantitative estimate of drug-likeness (QED) is 0.867. The van der Waals surface area contributed by atoms with Gasteiger partial charge in [-0.2, -0.15) is 0 Å². The van der Waals surface area contributed by atoms with Gasteiger partial charge in [0, 0.05) is 39.6 Å². The molecule has 0 spiro atoms. The third-order valence-corrected chi connectivity index (χ3v) is 4.07. The van der Waals surface area contributed by atoms with Crippen molar-refractivity contribution in [2.75, 3.05) is 38.4 Å². The van der Waals surface area contributed by atoms with Gasteiger partial charge in [-0.3, -0.25) is 4.79 Å². The number of likely N-dealkylation sites (N-methyl/N-ethyl adjacent to an activating group) is 1. The van der Waals surface area contributed by atoms with Gasteiger partial charge in [0.2, 0.25) is 5.91 Å². The average Bonchev–Trinajstić information content (AvgIpc) is 2.61. The van der Waals surface area contributed by atoms with Crippen molar-refractivity contribution >= 4 is 23.3 Å². The van der Waals surface area contributed by atoms with Gasteiger partial charge in [-0.25, -0.2) is 4.79 Å². The van der Waals surface area contributed by atoms with E-state index in [1.165, 1.54) is 4.90 Å². The zero-order valence-corrected chi connectivity index (χ0v) is 15.9. The first kappa shape index (κ1) is 19.3. The minimum Gasteiger partial charge on any atom is -0.378 e. The maximum atomic E-state index is 12.5. The Morgan fingerprint density at radius 2 is 1.62 bits per heavy atom. The van der Waals surface area contributed by atoms with Crippen molar-refractivity contribution in [3.05, 3.63) is 59.7 Å². The third-order valence-electron chi connectivity index (χ3n) is 4.07. The predicted molar refractivity (Wildman–Crippen MR) is 106 cm³/mol. The van der Waals surface area contributed by atoms with Gasteiger partial charge in [-0.05, 0) is 36.2 Å². The van der Waals surface area contributed by atoms with Gasteiger partial charge in [-0.15, -0.1) is 0 Å². The average molecular weight is 354 g/mol. The van der Waals surface area contributed by atoms with E-state index in [-0.39, 0.29) is 5.91 Å². The largest absolute Gasteiger partial charge is 0.378 e. The number of benzene rings is 2. The number of rotatable bonds is 5. The molecule has 0 aliphatic carbocycles. The maximum Gasteiger partial charge on any atom is 0.320 e. The van der Waals surface area contributed by atoms with E-state index in [4.69, 9.17) is 0 Å². The maximum absolute atomic E-state index is 12.5. The number of urea groups is 1. The Bertz CT molecular complexity index is 773. The number of amides is 3. The Hall–Kier alpha value is -3.02. The summed E-state index contributed by atoms with van der Waals surface area (Å²) in [7, 11) is 7.27. The highest BCUT2D eigenvalue weighted by Gasteiger charge is 2.24. The van der Waals surface area contributed by atoms with Crippen molar-refractivity contribution in [1.82, 2.24) is 10.2 Å². The summed E-state index contributed by atoms with van der Waals surface area (Å²) >= 11 is 0. The molecule has 26 heavy (non-hydrogen) atoms. The minimum atomic E-state index is -0.743. The van der Waals surface area contributed by atoms with E-state index in [2.05, 4.69) is 10.6 Å². The zero-order valence-electron chi connectivity index (χ0n) is 15.9. The molecule has 138 valence electrons. The number of carbonyl (C=O) groups is 2. The molecule has 0 saturated carbocycles. The van der Waals surface area contributed by atoms with Crippen LogP contribution in [0.25, 0.3) is 0 Å². The van der Waals surface area contributed by atoms with Crippen molar-refractivity contribution < 1.29 is 9.59 Å². The van der Waals surface area contributed by atoms with Crippen LogP contribution >= 0.6 is 0 Å². The molecular weight excluding hydrogens is 328 g/mol. The van der Waals surface area contributed by atoms with Gasteiger partial charge >= 0.3 is 6.03 Å². The Morgan fingerprint density at radius 3 is 2.15 bits per heavy atom. The summed E-state index contributed by atoms with van der Waals surface area (Å²) in [5, 5.41) is 5.61. The fourth-order valence-corrected chi connectivity index (χ4v) is 2.55. The Kier molecular flexibility index (Phi) is 6.22. The summed E-state index contributed by atoms with van der Waals surface area (Å²) < 4.78 is 0. The van der Waals surface area contributed by atoms with E-state index in [0.717, 1.165) is 16.8 Å². The fraction of sp³-hybridized carbons (Fsp3) is 0.300. The predicted octanol–water partition coefficient (Wildman–Crippen LogP) is 3.01. The highest BCUT2D eigenvalue weighted by atomic mass is 16.2. The first-order chi connectivity index (χ1) is 12.3. The van der Waals surface area contributed by atoms with Gasteiger partial charge < -0.3 is 20.4 Å². The lowest BCUT2D eigenvalue weighted by molar-refractivity contribution is -0.130. The summed E-state index contributed by atoms with van der Waals surface area (Å²) in [6.07, 6.45) is 0. The molecular formula is C20H26N4O2. The number of hydrogen-bond acceptors (Lipinski definition) is 3. The van der Waals surface area contributed by atoms with Gasteiger partial charge in [0.15, 0.2) is 0 Å². The summed E-state index contributed by atoms with van der Waals surface area (Å²) in [4.78, 5) is 28.5. The summed E-state index contributed by atoms with van der Waals surface area (Å²) in [6, 6.07) is 13.8. The molecule has 2 rings (SSSR count). The monoisotopic (exact) mass is 354 g/mol. The van der Waals surface area contributed by atoms with Crippen LogP contribution in [0.2, 0.25) is 0 Å². The number of anilines is 2. The van der Waals surface area contributed by atoms with Crippen LogP contribution in [0.1, 0.15) is 17.2 Å². The van der Waals surface area contributed by atoms with Gasteiger partial charge in [-0.1, -0.05) is 30.3 Å². The van der Waals surface area contributed by atoms with E-state index in [0.29, 0.717) is 5.69 Å². The molecule has 0 unspecified atom stereocenters. The molecule has 2 aromatic carbocycles. The topological polar surface area (TPSA) is 64.7 Å². The van der Waals surface area contributed by atoms with Crippen molar-refractivity contribution in [2.24, 2.45) is 0 Å². The molecule has 6 heteroatoms. The molecule has 0 heterocycles. The summed E-state index contributed by atoms with van der Waals surface area (Å²) in [5.74, 6) is -0.189. The van der Waals surface area contributed by atoms with Crippen LogP contribution in [-0.4, -0.2) is 45.0 Å². The van der Waals surface area contributed by atoms with E-state index in [1.54, 1.807) is 14.1 Å². The molecule has 0 aromatic heterocycles. The molecule has 0 aliphatic rings. The van der Waals surface area contributed by atoms with Crippen LogP contribution in [0.3, 0.4) is 0 Å². The fourth-order valence-electron chi connectivity index (χ4n) is 2.55. The molecule has 2 aromatic rings. The van der Waals surface area contributed by atoms with Crippen LogP contribution in [0.5, 0.6) is 0 Å². The molecule has 0 fully saturated rings. The van der Waals surface area contributed by atoms with Crippen LogP contribution in [0.4, 0.5) is 16.2 Å². The summed E-state index contributed by atoms with van der Waals surface area (Å²) in [5.41, 5.74) is 3.44. The van der Waals surface area contributed by atoms with Crippen molar-refractivity contribution in [3.8, 4) is 0 Å². The number of carbonyl (C=O) groups excluding carboxylic acids is 2. The van der Waals surface area contributed by atoms with Gasteiger partial charge in [0.1, 0.15) is 6.04 Å². The molecule has 0 radical (unpaired) electrons.